The lowest BCUT2D eigenvalue weighted by Crippen LogP contribution is -2.11. The van der Waals surface area contributed by atoms with Crippen molar-refractivity contribution in [1.29, 1.82) is 0 Å². The van der Waals surface area contributed by atoms with Crippen molar-refractivity contribution in [2.45, 2.75) is 6.42 Å². The molecule has 1 heterocycles. The Bertz CT molecular complexity index is 1180. The quantitative estimate of drug-likeness (QED) is 0.458. The van der Waals surface area contributed by atoms with Gasteiger partial charge in [-0.05, 0) is 53.9 Å². The summed E-state index contributed by atoms with van der Waals surface area (Å²) in [5.74, 6) is -4.01. The summed E-state index contributed by atoms with van der Waals surface area (Å²) >= 11 is 0. The molecule has 0 saturated heterocycles. The average Bonchev–Trinajstić information content (AvgIpc) is 2.68. The van der Waals surface area contributed by atoms with Gasteiger partial charge in [-0.3, -0.25) is 0 Å². The second-order valence-corrected chi connectivity index (χ2v) is 6.49. The van der Waals surface area contributed by atoms with E-state index in [1.54, 1.807) is 18.2 Å². The van der Waals surface area contributed by atoms with Gasteiger partial charge in [-0.15, -0.1) is 0 Å². The molecule has 1 aliphatic heterocycles. The Morgan fingerprint density at radius 3 is 2.28 bits per heavy atom. The highest BCUT2D eigenvalue weighted by atomic mass is 19.2. The summed E-state index contributed by atoms with van der Waals surface area (Å²) in [6, 6.07) is 11.0. The first-order valence-electron chi connectivity index (χ1n) is 8.48. The Hall–Kier alpha value is -3.94. The van der Waals surface area contributed by atoms with Crippen LogP contribution in [0.4, 0.5) is 20.2 Å². The smallest absolute Gasteiger partial charge is 0.337 e. The molecule has 0 unspecified atom stereocenters. The van der Waals surface area contributed by atoms with E-state index in [4.69, 9.17) is 4.74 Å². The molecule has 146 valence electrons. The van der Waals surface area contributed by atoms with Gasteiger partial charge in [0.25, 0.3) is 0 Å². The first kappa shape index (κ1) is 18.4. The molecule has 4 rings (SSSR count). The van der Waals surface area contributed by atoms with E-state index in [0.717, 1.165) is 23.8 Å². The molecule has 0 atom stereocenters. The number of rotatable bonds is 4. The Labute approximate surface area is 163 Å². The van der Waals surface area contributed by atoms with Crippen molar-refractivity contribution in [3.63, 3.8) is 0 Å². The molecule has 3 aromatic rings. The standard InChI is InChI=1S/C21H13F2NO5/c22-14-3-1-10(6-15(14)23)5-11-2-4-16-17(7-11)29-18-9-12(20(25)26)8-13(21(27)28)19(18)24-16/h1-4,6-9,24H,5H2,(H,25,26)(H,27,28). The van der Waals surface area contributed by atoms with Crippen LogP contribution < -0.4 is 10.1 Å². The second kappa shape index (κ2) is 6.90. The summed E-state index contributed by atoms with van der Waals surface area (Å²) < 4.78 is 32.3. The van der Waals surface area contributed by atoms with Crippen LogP contribution in [0.15, 0.2) is 48.5 Å². The fraction of sp³-hybridized carbons (Fsp3) is 0.0476. The maximum atomic E-state index is 13.4. The summed E-state index contributed by atoms with van der Waals surface area (Å²) in [5.41, 5.74) is 1.52. The number of aromatic carboxylic acids is 2. The highest BCUT2D eigenvalue weighted by Gasteiger charge is 2.25. The lowest BCUT2D eigenvalue weighted by atomic mass is 10.0. The number of ether oxygens (including phenoxy) is 1. The zero-order valence-corrected chi connectivity index (χ0v) is 14.7. The van der Waals surface area contributed by atoms with E-state index < -0.39 is 23.6 Å². The van der Waals surface area contributed by atoms with Gasteiger partial charge in [-0.1, -0.05) is 12.1 Å². The summed E-state index contributed by atoms with van der Waals surface area (Å²) in [6.07, 6.45) is 0.316. The number of anilines is 2. The minimum Gasteiger partial charge on any atom is -0.478 e. The van der Waals surface area contributed by atoms with Gasteiger partial charge in [-0.2, -0.15) is 0 Å². The number of hydrogen-bond acceptors (Lipinski definition) is 4. The number of benzene rings is 3. The first-order chi connectivity index (χ1) is 13.8. The third-order valence-electron chi connectivity index (χ3n) is 4.50. The molecule has 0 fully saturated rings. The first-order valence-corrected chi connectivity index (χ1v) is 8.48. The molecule has 0 aliphatic carbocycles. The molecule has 1 aliphatic rings. The van der Waals surface area contributed by atoms with Crippen molar-refractivity contribution in [3.05, 3.63) is 82.4 Å². The van der Waals surface area contributed by atoms with E-state index >= 15 is 0 Å². The highest BCUT2D eigenvalue weighted by Crippen LogP contribution is 2.44. The van der Waals surface area contributed by atoms with Crippen LogP contribution in [-0.2, 0) is 6.42 Å². The molecule has 6 nitrogen and oxygen atoms in total. The molecule has 0 spiro atoms. The number of carbonyl (C=O) groups is 2. The summed E-state index contributed by atoms with van der Waals surface area (Å²) in [4.78, 5) is 22.8. The number of carboxylic acid groups (broad SMARTS) is 2. The van der Waals surface area contributed by atoms with Crippen LogP contribution in [0.1, 0.15) is 31.8 Å². The predicted octanol–water partition coefficient (Wildman–Crippen LogP) is 4.80. The van der Waals surface area contributed by atoms with Crippen LogP contribution in [0.5, 0.6) is 11.5 Å². The van der Waals surface area contributed by atoms with Crippen LogP contribution in [0.25, 0.3) is 0 Å². The molecule has 3 N–H and O–H groups in total. The lowest BCUT2D eigenvalue weighted by molar-refractivity contribution is 0.0696. The van der Waals surface area contributed by atoms with Gasteiger partial charge in [0.2, 0.25) is 0 Å². The van der Waals surface area contributed by atoms with E-state index in [-0.39, 0.29) is 22.6 Å². The van der Waals surface area contributed by atoms with Crippen LogP contribution >= 0.6 is 0 Å². The zero-order valence-electron chi connectivity index (χ0n) is 14.7. The Morgan fingerprint density at radius 2 is 1.59 bits per heavy atom. The molecule has 29 heavy (non-hydrogen) atoms. The van der Waals surface area contributed by atoms with Crippen molar-refractivity contribution < 1.29 is 33.3 Å². The topological polar surface area (TPSA) is 95.9 Å². The van der Waals surface area contributed by atoms with E-state index in [1.807, 2.05) is 0 Å². The van der Waals surface area contributed by atoms with E-state index in [1.165, 1.54) is 12.1 Å². The van der Waals surface area contributed by atoms with Crippen molar-refractivity contribution in [1.82, 2.24) is 0 Å². The molecule has 0 radical (unpaired) electrons. The second-order valence-electron chi connectivity index (χ2n) is 6.49. The zero-order chi connectivity index (χ0) is 20.7. The van der Waals surface area contributed by atoms with Gasteiger partial charge in [-0.25, -0.2) is 18.4 Å². The highest BCUT2D eigenvalue weighted by molar-refractivity contribution is 6.02. The third-order valence-corrected chi connectivity index (χ3v) is 4.50. The van der Waals surface area contributed by atoms with E-state index in [2.05, 4.69) is 5.32 Å². The van der Waals surface area contributed by atoms with E-state index in [9.17, 15) is 28.6 Å². The fourth-order valence-corrected chi connectivity index (χ4v) is 3.12. The molecule has 0 bridgehead atoms. The van der Waals surface area contributed by atoms with Crippen molar-refractivity contribution in [2.75, 3.05) is 5.32 Å². The summed E-state index contributed by atoms with van der Waals surface area (Å²) in [7, 11) is 0. The molecule has 0 aromatic heterocycles. The van der Waals surface area contributed by atoms with Crippen LogP contribution in [0.2, 0.25) is 0 Å². The maximum absolute atomic E-state index is 13.4. The van der Waals surface area contributed by atoms with Crippen molar-refractivity contribution in [2.24, 2.45) is 0 Å². The summed E-state index contributed by atoms with van der Waals surface area (Å²) in [5, 5.41) is 21.6. The Kier molecular flexibility index (Phi) is 4.38. The molecular formula is C21H13F2NO5. The molecule has 0 saturated carbocycles. The van der Waals surface area contributed by atoms with Crippen LogP contribution in [0, 0.1) is 11.6 Å². The van der Waals surface area contributed by atoms with Gasteiger partial charge in [0.1, 0.15) is 0 Å². The molecular weight excluding hydrogens is 384 g/mol. The monoisotopic (exact) mass is 397 g/mol. The number of halogens is 2. The van der Waals surface area contributed by atoms with Gasteiger partial charge < -0.3 is 20.3 Å². The molecule has 3 aromatic carbocycles. The predicted molar refractivity (Wildman–Crippen MR) is 99.3 cm³/mol. The van der Waals surface area contributed by atoms with Gasteiger partial charge in [0.15, 0.2) is 23.1 Å². The Morgan fingerprint density at radius 1 is 0.862 bits per heavy atom. The van der Waals surface area contributed by atoms with Crippen LogP contribution in [0.3, 0.4) is 0 Å². The molecule has 8 heteroatoms. The van der Waals surface area contributed by atoms with E-state index in [0.29, 0.717) is 23.4 Å². The number of nitrogens with one attached hydrogen (secondary N) is 1. The lowest BCUT2D eigenvalue weighted by Gasteiger charge is -2.24. The fourth-order valence-electron chi connectivity index (χ4n) is 3.12. The van der Waals surface area contributed by atoms with Crippen molar-refractivity contribution >= 4 is 23.3 Å². The maximum Gasteiger partial charge on any atom is 0.337 e. The van der Waals surface area contributed by atoms with Crippen molar-refractivity contribution in [3.8, 4) is 11.5 Å². The largest absolute Gasteiger partial charge is 0.478 e. The third kappa shape index (κ3) is 3.47. The number of hydrogen-bond donors (Lipinski definition) is 3. The number of fused-ring (bicyclic) bond motifs is 2. The average molecular weight is 397 g/mol. The van der Waals surface area contributed by atoms with Gasteiger partial charge in [0, 0.05) is 0 Å². The van der Waals surface area contributed by atoms with Gasteiger partial charge >= 0.3 is 11.9 Å². The normalized spacial score (nSPS) is 11.7. The molecule has 0 amide bonds. The van der Waals surface area contributed by atoms with Crippen LogP contribution in [-0.4, -0.2) is 22.2 Å². The minimum absolute atomic E-state index is 0.0692. The SMILES string of the molecule is O=C(O)c1cc2c(c(C(=O)O)c1)Nc1ccc(Cc3ccc(F)c(F)c3)cc1O2. The number of carboxylic acids is 2. The minimum atomic E-state index is -1.29. The Balaban J connectivity index is 1.68. The van der Waals surface area contributed by atoms with Gasteiger partial charge in [0.05, 0.1) is 22.5 Å². The summed E-state index contributed by atoms with van der Waals surface area (Å²) in [6.45, 7) is 0.